The molecular weight excluding hydrogens is 211 g/mol. The van der Waals surface area contributed by atoms with Gasteiger partial charge in [0.2, 0.25) is 0 Å². The number of anilines is 1. The molecule has 0 unspecified atom stereocenters. The fourth-order valence-corrected chi connectivity index (χ4v) is 1.62. The Kier molecular flexibility index (Phi) is 4.49. The Morgan fingerprint density at radius 3 is 2.27 bits per heavy atom. The topological polar surface area (TPSA) is 15.3 Å². The molecular formula is C11H15FN2S. The summed E-state index contributed by atoms with van der Waals surface area (Å²) in [7, 11) is 0. The molecule has 0 heterocycles. The molecule has 1 aromatic rings. The Hall–Kier alpha value is -1.16. The van der Waals surface area contributed by atoms with Crippen LogP contribution in [0.3, 0.4) is 0 Å². The first-order valence-electron chi connectivity index (χ1n) is 4.98. The summed E-state index contributed by atoms with van der Waals surface area (Å²) in [5.41, 5.74) is 0.813. The van der Waals surface area contributed by atoms with Gasteiger partial charge in [-0.15, -0.1) is 0 Å². The van der Waals surface area contributed by atoms with Crippen LogP contribution in [0.1, 0.15) is 13.8 Å². The minimum Gasteiger partial charge on any atom is -0.350 e. The lowest BCUT2D eigenvalue weighted by Crippen LogP contribution is -2.34. The van der Waals surface area contributed by atoms with Gasteiger partial charge in [0.05, 0.1) is 0 Å². The van der Waals surface area contributed by atoms with Crippen LogP contribution in [0.25, 0.3) is 0 Å². The standard InChI is InChI=1S/C11H15FN2S/c1-3-14(4-2)11(15)13-10-7-5-9(12)6-8-10/h5-8H,3-4H2,1-2H3,(H,13,15). The molecule has 15 heavy (non-hydrogen) atoms. The molecule has 0 aliphatic carbocycles. The van der Waals surface area contributed by atoms with Gasteiger partial charge in [0.1, 0.15) is 5.82 Å². The Labute approximate surface area is 95.1 Å². The fourth-order valence-electron chi connectivity index (χ4n) is 1.25. The molecule has 2 nitrogen and oxygen atoms in total. The van der Waals surface area contributed by atoms with Crippen LogP contribution in [0.4, 0.5) is 10.1 Å². The molecule has 0 saturated heterocycles. The van der Waals surface area contributed by atoms with Crippen molar-refractivity contribution in [2.45, 2.75) is 13.8 Å². The van der Waals surface area contributed by atoms with Crippen molar-refractivity contribution in [3.8, 4) is 0 Å². The molecule has 0 aliphatic heterocycles. The van der Waals surface area contributed by atoms with Crippen molar-refractivity contribution < 1.29 is 4.39 Å². The highest BCUT2D eigenvalue weighted by molar-refractivity contribution is 7.80. The first kappa shape index (κ1) is 11.9. The Balaban J connectivity index is 2.61. The van der Waals surface area contributed by atoms with E-state index in [9.17, 15) is 4.39 Å². The average Bonchev–Trinajstić information content (AvgIpc) is 2.23. The van der Waals surface area contributed by atoms with Crippen LogP contribution in [-0.2, 0) is 0 Å². The molecule has 0 saturated carbocycles. The van der Waals surface area contributed by atoms with E-state index >= 15 is 0 Å². The molecule has 82 valence electrons. The van der Waals surface area contributed by atoms with Gasteiger partial charge in [-0.05, 0) is 50.3 Å². The van der Waals surface area contributed by atoms with E-state index in [-0.39, 0.29) is 5.82 Å². The summed E-state index contributed by atoms with van der Waals surface area (Å²) in [4.78, 5) is 2.03. The van der Waals surface area contributed by atoms with Gasteiger partial charge < -0.3 is 10.2 Å². The second-order valence-electron chi connectivity index (χ2n) is 3.11. The number of hydrogen-bond acceptors (Lipinski definition) is 1. The van der Waals surface area contributed by atoms with Crippen molar-refractivity contribution >= 4 is 23.0 Å². The zero-order chi connectivity index (χ0) is 11.3. The van der Waals surface area contributed by atoms with Crippen molar-refractivity contribution in [2.24, 2.45) is 0 Å². The number of hydrogen-bond donors (Lipinski definition) is 1. The average molecular weight is 226 g/mol. The molecule has 0 amide bonds. The lowest BCUT2D eigenvalue weighted by Gasteiger charge is -2.22. The monoisotopic (exact) mass is 226 g/mol. The molecule has 0 aromatic heterocycles. The third-order valence-corrected chi connectivity index (χ3v) is 2.51. The molecule has 0 atom stereocenters. The number of nitrogens with zero attached hydrogens (tertiary/aromatic N) is 1. The first-order chi connectivity index (χ1) is 7.17. The summed E-state index contributed by atoms with van der Waals surface area (Å²) in [6, 6.07) is 6.16. The third-order valence-electron chi connectivity index (χ3n) is 2.15. The van der Waals surface area contributed by atoms with Gasteiger partial charge in [-0.1, -0.05) is 0 Å². The van der Waals surface area contributed by atoms with E-state index < -0.39 is 0 Å². The highest BCUT2D eigenvalue weighted by Gasteiger charge is 2.04. The SMILES string of the molecule is CCN(CC)C(=S)Nc1ccc(F)cc1. The van der Waals surface area contributed by atoms with Gasteiger partial charge in [0, 0.05) is 18.8 Å². The van der Waals surface area contributed by atoms with Gasteiger partial charge >= 0.3 is 0 Å². The van der Waals surface area contributed by atoms with Crippen molar-refractivity contribution in [1.82, 2.24) is 4.90 Å². The third kappa shape index (κ3) is 3.47. The van der Waals surface area contributed by atoms with Crippen molar-refractivity contribution in [2.75, 3.05) is 18.4 Å². The number of rotatable bonds is 3. The van der Waals surface area contributed by atoms with Crippen LogP contribution in [0.5, 0.6) is 0 Å². The van der Waals surface area contributed by atoms with Gasteiger partial charge in [-0.2, -0.15) is 0 Å². The zero-order valence-electron chi connectivity index (χ0n) is 8.96. The highest BCUT2D eigenvalue weighted by atomic mass is 32.1. The summed E-state index contributed by atoms with van der Waals surface area (Å²) in [5, 5.41) is 3.73. The summed E-state index contributed by atoms with van der Waals surface area (Å²) >= 11 is 5.21. The molecule has 1 N–H and O–H groups in total. The van der Waals surface area contributed by atoms with E-state index in [1.54, 1.807) is 12.1 Å². The van der Waals surface area contributed by atoms with Crippen LogP contribution >= 0.6 is 12.2 Å². The largest absolute Gasteiger partial charge is 0.350 e. The second kappa shape index (κ2) is 5.66. The Morgan fingerprint density at radius 1 is 1.27 bits per heavy atom. The van der Waals surface area contributed by atoms with Crippen LogP contribution in [0.2, 0.25) is 0 Å². The molecule has 0 fully saturated rings. The molecule has 1 rings (SSSR count). The molecule has 0 bridgehead atoms. The number of thiocarbonyl (C=S) groups is 1. The van der Waals surface area contributed by atoms with E-state index in [4.69, 9.17) is 12.2 Å². The van der Waals surface area contributed by atoms with E-state index in [1.807, 2.05) is 18.7 Å². The van der Waals surface area contributed by atoms with Gasteiger partial charge in [-0.3, -0.25) is 0 Å². The summed E-state index contributed by atoms with van der Waals surface area (Å²) in [6.45, 7) is 5.82. The summed E-state index contributed by atoms with van der Waals surface area (Å²) in [6.07, 6.45) is 0. The van der Waals surface area contributed by atoms with Crippen molar-refractivity contribution in [3.63, 3.8) is 0 Å². The van der Waals surface area contributed by atoms with Gasteiger partial charge in [0.15, 0.2) is 5.11 Å². The Bertz CT molecular complexity index is 320. The minimum absolute atomic E-state index is 0.241. The lowest BCUT2D eigenvalue weighted by molar-refractivity contribution is 0.473. The van der Waals surface area contributed by atoms with Gasteiger partial charge in [0.25, 0.3) is 0 Å². The van der Waals surface area contributed by atoms with Crippen LogP contribution in [0.15, 0.2) is 24.3 Å². The molecule has 0 aliphatic rings. The van der Waals surface area contributed by atoms with Gasteiger partial charge in [-0.25, -0.2) is 4.39 Å². The zero-order valence-corrected chi connectivity index (χ0v) is 9.77. The quantitative estimate of drug-likeness (QED) is 0.798. The van der Waals surface area contributed by atoms with E-state index in [0.717, 1.165) is 18.8 Å². The van der Waals surface area contributed by atoms with E-state index in [0.29, 0.717) is 5.11 Å². The number of halogens is 1. The maximum atomic E-state index is 12.6. The summed E-state index contributed by atoms with van der Waals surface area (Å²) < 4.78 is 12.6. The molecule has 4 heteroatoms. The second-order valence-corrected chi connectivity index (χ2v) is 3.50. The minimum atomic E-state index is -0.241. The normalized spacial score (nSPS) is 9.80. The maximum absolute atomic E-state index is 12.6. The number of benzene rings is 1. The van der Waals surface area contributed by atoms with Crippen LogP contribution in [0, 0.1) is 5.82 Å². The molecule has 1 aromatic carbocycles. The summed E-state index contributed by atoms with van der Waals surface area (Å²) in [5.74, 6) is -0.241. The van der Waals surface area contributed by atoms with Crippen LogP contribution in [-0.4, -0.2) is 23.1 Å². The first-order valence-corrected chi connectivity index (χ1v) is 5.39. The van der Waals surface area contributed by atoms with Crippen LogP contribution < -0.4 is 5.32 Å². The highest BCUT2D eigenvalue weighted by Crippen LogP contribution is 2.09. The van der Waals surface area contributed by atoms with E-state index in [2.05, 4.69) is 5.32 Å². The smallest absolute Gasteiger partial charge is 0.173 e. The number of nitrogens with one attached hydrogen (secondary N) is 1. The van der Waals surface area contributed by atoms with Crippen molar-refractivity contribution in [3.05, 3.63) is 30.1 Å². The maximum Gasteiger partial charge on any atom is 0.173 e. The molecule has 0 spiro atoms. The lowest BCUT2D eigenvalue weighted by atomic mass is 10.3. The Morgan fingerprint density at radius 2 is 1.80 bits per heavy atom. The predicted octanol–water partition coefficient (Wildman–Crippen LogP) is 2.86. The predicted molar refractivity (Wildman–Crippen MR) is 65.5 cm³/mol. The van der Waals surface area contributed by atoms with Crippen molar-refractivity contribution in [1.29, 1.82) is 0 Å². The fraction of sp³-hybridized carbons (Fsp3) is 0.364. The van der Waals surface area contributed by atoms with E-state index in [1.165, 1.54) is 12.1 Å². The molecule has 0 radical (unpaired) electrons.